The summed E-state index contributed by atoms with van der Waals surface area (Å²) < 4.78 is 9.06. The van der Waals surface area contributed by atoms with Crippen molar-refractivity contribution in [2.75, 3.05) is 13.7 Å². The molecule has 0 saturated heterocycles. The van der Waals surface area contributed by atoms with Crippen LogP contribution in [0.25, 0.3) is 5.13 Å². The number of amides is 1. The summed E-state index contributed by atoms with van der Waals surface area (Å²) >= 11 is 1.55. The molecule has 0 fully saturated rings. The highest BCUT2D eigenvalue weighted by molar-refractivity contribution is 7.12. The zero-order chi connectivity index (χ0) is 19.6. The molecule has 1 N–H and O–H groups in total. The molecular weight excluding hydrogens is 362 g/mol. The van der Waals surface area contributed by atoms with Crippen molar-refractivity contribution in [1.29, 1.82) is 0 Å². The fourth-order valence-corrected chi connectivity index (χ4v) is 4.01. The Hall–Kier alpha value is -2.45. The lowest BCUT2D eigenvalue weighted by Gasteiger charge is -2.08. The molecule has 1 amide bonds. The van der Waals surface area contributed by atoms with Crippen molar-refractivity contribution in [3.05, 3.63) is 51.5 Å². The number of nitrogens with one attached hydrogen (secondary N) is 1. The summed E-state index contributed by atoms with van der Waals surface area (Å²) in [6, 6.07) is 1.91. The second-order valence-corrected chi connectivity index (χ2v) is 7.36. The molecule has 0 saturated carbocycles. The molecule has 144 valence electrons. The van der Waals surface area contributed by atoms with Crippen LogP contribution >= 0.6 is 11.3 Å². The van der Waals surface area contributed by atoms with Crippen LogP contribution < -0.4 is 5.32 Å². The van der Waals surface area contributed by atoms with E-state index in [1.54, 1.807) is 24.6 Å². The predicted octanol–water partition coefficient (Wildman–Crippen LogP) is 2.94. The van der Waals surface area contributed by atoms with Crippen molar-refractivity contribution < 1.29 is 9.53 Å². The highest BCUT2D eigenvalue weighted by Crippen LogP contribution is 2.22. The lowest BCUT2D eigenvalue weighted by molar-refractivity contribution is 0.0950. The van der Waals surface area contributed by atoms with E-state index < -0.39 is 0 Å². The topological polar surface area (TPSA) is 74.0 Å². The van der Waals surface area contributed by atoms with E-state index in [9.17, 15) is 4.79 Å². The summed E-state index contributed by atoms with van der Waals surface area (Å²) in [7, 11) is 1.68. The first-order valence-corrected chi connectivity index (χ1v) is 9.70. The van der Waals surface area contributed by atoms with Gasteiger partial charge in [-0.25, -0.2) is 4.98 Å². The van der Waals surface area contributed by atoms with Gasteiger partial charge >= 0.3 is 0 Å². The molecule has 0 unspecified atom stereocenters. The van der Waals surface area contributed by atoms with Gasteiger partial charge in [-0.2, -0.15) is 5.10 Å². The summed E-state index contributed by atoms with van der Waals surface area (Å²) in [6.45, 7) is 9.67. The number of rotatable bonds is 7. The molecule has 0 aliphatic rings. The molecule has 0 aliphatic carbocycles. The normalized spacial score (nSPS) is 11.1. The highest BCUT2D eigenvalue weighted by Gasteiger charge is 2.19. The summed E-state index contributed by atoms with van der Waals surface area (Å²) in [5, 5.41) is 10.4. The van der Waals surface area contributed by atoms with E-state index in [0.29, 0.717) is 25.3 Å². The van der Waals surface area contributed by atoms with Crippen molar-refractivity contribution >= 4 is 17.2 Å². The van der Waals surface area contributed by atoms with Crippen molar-refractivity contribution in [3.63, 3.8) is 0 Å². The molecule has 0 aromatic carbocycles. The fraction of sp³-hybridized carbons (Fsp3) is 0.421. The Morgan fingerprint density at radius 3 is 2.70 bits per heavy atom. The molecular formula is C19H25N5O2S. The lowest BCUT2D eigenvalue weighted by Crippen LogP contribution is -2.24. The van der Waals surface area contributed by atoms with Gasteiger partial charge in [0.25, 0.3) is 5.91 Å². The van der Waals surface area contributed by atoms with Crippen molar-refractivity contribution in [2.45, 2.75) is 40.8 Å². The Bertz CT molecular complexity index is 940. The largest absolute Gasteiger partial charge is 0.383 e. The van der Waals surface area contributed by atoms with E-state index in [-0.39, 0.29) is 5.91 Å². The van der Waals surface area contributed by atoms with Gasteiger partial charge in [0.1, 0.15) is 0 Å². The number of nitrogens with zero attached hydrogens (tertiary/aromatic N) is 4. The Labute approximate surface area is 163 Å². The summed E-state index contributed by atoms with van der Waals surface area (Å²) in [4.78, 5) is 17.1. The average molecular weight is 388 g/mol. The Kier molecular flexibility index (Phi) is 5.76. The second-order valence-electron chi connectivity index (χ2n) is 6.48. The van der Waals surface area contributed by atoms with Crippen LogP contribution in [-0.2, 0) is 17.8 Å². The van der Waals surface area contributed by atoms with Crippen LogP contribution in [0.5, 0.6) is 0 Å². The van der Waals surface area contributed by atoms with Crippen LogP contribution in [0.4, 0.5) is 0 Å². The van der Waals surface area contributed by atoms with E-state index in [1.165, 1.54) is 0 Å². The van der Waals surface area contributed by atoms with Crippen LogP contribution in [0, 0.1) is 27.7 Å². The molecule has 3 heterocycles. The molecule has 0 spiro atoms. The Balaban J connectivity index is 1.76. The number of aryl methyl sites for hydroxylation is 2. The first-order chi connectivity index (χ1) is 12.9. The quantitative estimate of drug-likeness (QED) is 0.676. The van der Waals surface area contributed by atoms with E-state index in [0.717, 1.165) is 33.5 Å². The fourth-order valence-electron chi connectivity index (χ4n) is 3.26. The van der Waals surface area contributed by atoms with Gasteiger partial charge < -0.3 is 10.1 Å². The number of thiazole rings is 1. The summed E-state index contributed by atoms with van der Waals surface area (Å²) in [6.07, 6.45) is 1.77. The van der Waals surface area contributed by atoms with Gasteiger partial charge in [-0.15, -0.1) is 11.3 Å². The molecule has 3 rings (SSSR count). The van der Waals surface area contributed by atoms with Gasteiger partial charge in [-0.3, -0.25) is 14.0 Å². The lowest BCUT2D eigenvalue weighted by atomic mass is 10.2. The number of carbonyl (C=O) groups excluding carboxylic acids is 1. The maximum atomic E-state index is 12.8. The second kappa shape index (κ2) is 8.06. The molecule has 7 nitrogen and oxygen atoms in total. The third-order valence-corrected chi connectivity index (χ3v) is 5.51. The summed E-state index contributed by atoms with van der Waals surface area (Å²) in [5.74, 6) is -0.0886. The molecule has 27 heavy (non-hydrogen) atoms. The molecule has 3 aromatic rings. The van der Waals surface area contributed by atoms with Gasteiger partial charge in [-0.1, -0.05) is 0 Å². The number of methoxy groups -OCH3 is 1. The summed E-state index contributed by atoms with van der Waals surface area (Å²) in [5.41, 5.74) is 5.59. The average Bonchev–Trinajstić information content (AvgIpc) is 3.31. The van der Waals surface area contributed by atoms with Crippen LogP contribution in [-0.4, -0.2) is 39.0 Å². The molecule has 0 bridgehead atoms. The first kappa shape index (κ1) is 19.3. The van der Waals surface area contributed by atoms with Crippen LogP contribution in [0.1, 0.15) is 38.7 Å². The zero-order valence-electron chi connectivity index (χ0n) is 16.4. The van der Waals surface area contributed by atoms with Gasteiger partial charge in [0, 0.05) is 47.9 Å². The number of ether oxygens (including phenoxy) is 1. The number of hydrogen-bond donors (Lipinski definition) is 1. The van der Waals surface area contributed by atoms with Crippen LogP contribution in [0.15, 0.2) is 17.6 Å². The highest BCUT2D eigenvalue weighted by atomic mass is 32.1. The van der Waals surface area contributed by atoms with Crippen LogP contribution in [0.2, 0.25) is 0 Å². The minimum absolute atomic E-state index is 0.0886. The van der Waals surface area contributed by atoms with Gasteiger partial charge in [0.2, 0.25) is 0 Å². The Morgan fingerprint density at radius 2 is 2.04 bits per heavy atom. The first-order valence-electron chi connectivity index (χ1n) is 8.82. The van der Waals surface area contributed by atoms with Gasteiger partial charge in [0.15, 0.2) is 5.13 Å². The predicted molar refractivity (Wildman–Crippen MR) is 106 cm³/mol. The number of hydrogen-bond acceptors (Lipinski definition) is 5. The van der Waals surface area contributed by atoms with E-state index in [2.05, 4.69) is 15.4 Å². The minimum atomic E-state index is -0.0886. The SMILES string of the molecule is COCCn1nc(C)c(CNC(=O)c2cc(C)n(-c3nccs3)c2C)c1C. The van der Waals surface area contributed by atoms with E-state index in [4.69, 9.17) is 4.74 Å². The third-order valence-electron chi connectivity index (χ3n) is 4.75. The maximum absolute atomic E-state index is 12.8. The number of carbonyl (C=O) groups is 1. The maximum Gasteiger partial charge on any atom is 0.253 e. The van der Waals surface area contributed by atoms with Gasteiger partial charge in [-0.05, 0) is 33.8 Å². The zero-order valence-corrected chi connectivity index (χ0v) is 17.2. The molecule has 0 radical (unpaired) electrons. The molecule has 8 heteroatoms. The smallest absolute Gasteiger partial charge is 0.253 e. The van der Waals surface area contributed by atoms with Crippen molar-refractivity contribution in [2.24, 2.45) is 0 Å². The monoisotopic (exact) mass is 387 g/mol. The van der Waals surface area contributed by atoms with Crippen molar-refractivity contribution in [3.8, 4) is 5.13 Å². The van der Waals surface area contributed by atoms with Crippen LogP contribution in [0.3, 0.4) is 0 Å². The molecule has 0 atom stereocenters. The minimum Gasteiger partial charge on any atom is -0.383 e. The Morgan fingerprint density at radius 1 is 1.26 bits per heavy atom. The third kappa shape index (κ3) is 3.81. The van der Waals surface area contributed by atoms with Crippen molar-refractivity contribution in [1.82, 2.24) is 24.6 Å². The van der Waals surface area contributed by atoms with Gasteiger partial charge in [0.05, 0.1) is 24.4 Å². The standard InChI is InChI=1S/C19H25N5O2S/c1-12-10-16(15(4)24(12)19-20-6-9-27-19)18(25)21-11-17-13(2)22-23(14(17)3)7-8-26-5/h6,9-10H,7-8,11H2,1-5H3,(H,21,25). The van der Waals surface area contributed by atoms with E-state index in [1.807, 2.05) is 48.4 Å². The number of aromatic nitrogens is 4. The molecule has 3 aromatic heterocycles. The van der Waals surface area contributed by atoms with E-state index >= 15 is 0 Å². The molecule has 0 aliphatic heterocycles.